The molecule has 1 fully saturated rings. The molecule has 3 heterocycles. The van der Waals surface area contributed by atoms with E-state index >= 15 is 0 Å². The zero-order valence-electron chi connectivity index (χ0n) is 17.9. The molecule has 0 aliphatic carbocycles. The van der Waals surface area contributed by atoms with Gasteiger partial charge in [-0.05, 0) is 45.2 Å². The molecule has 0 radical (unpaired) electrons. The van der Waals surface area contributed by atoms with Gasteiger partial charge in [0.15, 0.2) is 10.8 Å². The van der Waals surface area contributed by atoms with E-state index in [1.54, 1.807) is 31.7 Å². The fourth-order valence-corrected chi connectivity index (χ4v) is 5.40. The van der Waals surface area contributed by atoms with Gasteiger partial charge in [-0.25, -0.2) is 14.8 Å². The number of fused-ring (bicyclic) bond motifs is 1. The van der Waals surface area contributed by atoms with Crippen molar-refractivity contribution < 1.29 is 32.6 Å². The number of aromatic nitrogens is 4. The SMILES string of the molecule is CCOC(=O)C(OCC1CCC(n2cnc3c(Cl)nc(Cl)nc32)O1)P(=O)(OCC)OCC. The van der Waals surface area contributed by atoms with Crippen molar-refractivity contribution in [2.24, 2.45) is 0 Å². The van der Waals surface area contributed by atoms with Gasteiger partial charge in [-0.3, -0.25) is 9.13 Å². The van der Waals surface area contributed by atoms with Gasteiger partial charge in [0, 0.05) is 0 Å². The predicted molar refractivity (Wildman–Crippen MR) is 116 cm³/mol. The number of hydrogen-bond acceptors (Lipinski definition) is 10. The quantitative estimate of drug-likeness (QED) is 0.189. The lowest BCUT2D eigenvalue weighted by atomic mass is 10.2. The first kappa shape index (κ1) is 25.3. The number of halogens is 2. The first-order chi connectivity index (χ1) is 15.3. The highest BCUT2D eigenvalue weighted by atomic mass is 35.5. The van der Waals surface area contributed by atoms with Crippen LogP contribution in [0.5, 0.6) is 0 Å². The number of rotatable bonds is 11. The van der Waals surface area contributed by atoms with Crippen LogP contribution in [0.2, 0.25) is 10.4 Å². The normalized spacial score (nSPS) is 20.0. The maximum atomic E-state index is 13.1. The molecule has 0 bridgehead atoms. The summed E-state index contributed by atoms with van der Waals surface area (Å²) in [5.74, 6) is -2.32. The molecule has 0 N–H and O–H groups in total. The van der Waals surface area contributed by atoms with E-state index in [9.17, 15) is 9.36 Å². The molecule has 1 saturated heterocycles. The summed E-state index contributed by atoms with van der Waals surface area (Å²) in [6.07, 6.45) is 1.99. The van der Waals surface area contributed by atoms with Gasteiger partial charge in [0.25, 0.3) is 5.85 Å². The highest BCUT2D eigenvalue weighted by molar-refractivity contribution is 7.55. The lowest BCUT2D eigenvalue weighted by Crippen LogP contribution is -2.31. The molecule has 0 amide bonds. The minimum Gasteiger partial charge on any atom is -0.464 e. The summed E-state index contributed by atoms with van der Waals surface area (Å²) in [6.45, 7) is 5.18. The molecule has 14 heteroatoms. The molecule has 3 atom stereocenters. The van der Waals surface area contributed by atoms with Crippen molar-refractivity contribution in [3.63, 3.8) is 0 Å². The Balaban J connectivity index is 1.71. The average molecular weight is 511 g/mol. The summed E-state index contributed by atoms with van der Waals surface area (Å²) in [6, 6.07) is 0. The second kappa shape index (κ2) is 11.2. The second-order valence-corrected chi connectivity index (χ2v) is 9.47. The smallest absolute Gasteiger partial charge is 0.370 e. The largest absolute Gasteiger partial charge is 0.464 e. The van der Waals surface area contributed by atoms with Crippen LogP contribution in [0.3, 0.4) is 0 Å². The van der Waals surface area contributed by atoms with E-state index in [1.165, 1.54) is 0 Å². The second-order valence-electron chi connectivity index (χ2n) is 6.71. The van der Waals surface area contributed by atoms with E-state index < -0.39 is 25.6 Å². The molecule has 0 aromatic carbocycles. The molecule has 2 aromatic rings. The number of hydrogen-bond donors (Lipinski definition) is 0. The van der Waals surface area contributed by atoms with Crippen LogP contribution in [0.4, 0.5) is 0 Å². The standard InChI is InChI=1S/C18H25Cl2N4O7P/c1-4-27-16(25)17(32(26,29-5-2)30-6-3)28-9-11-7-8-12(31-11)24-10-21-13-14(19)22-18(20)23-15(13)24/h10-12,17H,4-9H2,1-3H3. The van der Waals surface area contributed by atoms with Crippen molar-refractivity contribution in [3.8, 4) is 0 Å². The van der Waals surface area contributed by atoms with Crippen molar-refractivity contribution in [1.82, 2.24) is 19.5 Å². The maximum Gasteiger partial charge on any atom is 0.370 e. The van der Waals surface area contributed by atoms with Crippen molar-refractivity contribution >= 4 is 47.9 Å². The van der Waals surface area contributed by atoms with E-state index in [0.29, 0.717) is 24.0 Å². The number of carbonyl (C=O) groups excluding carboxylic acids is 1. The Bertz CT molecular complexity index is 982. The molecule has 178 valence electrons. The van der Waals surface area contributed by atoms with Crippen molar-refractivity contribution in [1.29, 1.82) is 0 Å². The molecule has 0 spiro atoms. The van der Waals surface area contributed by atoms with Crippen LogP contribution in [0.25, 0.3) is 11.2 Å². The molecule has 2 aromatic heterocycles. The van der Waals surface area contributed by atoms with E-state index in [0.717, 1.165) is 0 Å². The fourth-order valence-electron chi connectivity index (χ4n) is 3.31. The zero-order chi connectivity index (χ0) is 23.3. The highest BCUT2D eigenvalue weighted by Gasteiger charge is 2.44. The molecule has 32 heavy (non-hydrogen) atoms. The Labute approximate surface area is 195 Å². The summed E-state index contributed by atoms with van der Waals surface area (Å²) >= 11 is 12.0. The third-order valence-corrected chi connectivity index (χ3v) is 7.18. The van der Waals surface area contributed by atoms with Gasteiger partial charge in [-0.2, -0.15) is 4.98 Å². The number of ether oxygens (including phenoxy) is 3. The average Bonchev–Trinajstić information content (AvgIpc) is 3.35. The first-order valence-corrected chi connectivity index (χ1v) is 12.6. The van der Waals surface area contributed by atoms with Gasteiger partial charge in [-0.15, -0.1) is 0 Å². The molecule has 1 aliphatic rings. The number of esters is 1. The zero-order valence-corrected chi connectivity index (χ0v) is 20.3. The Hall–Kier alpha value is -1.33. The third-order valence-electron chi connectivity index (χ3n) is 4.58. The van der Waals surface area contributed by atoms with Crippen molar-refractivity contribution in [2.45, 2.75) is 51.8 Å². The van der Waals surface area contributed by atoms with Crippen molar-refractivity contribution in [3.05, 3.63) is 16.8 Å². The van der Waals surface area contributed by atoms with Crippen LogP contribution in [-0.2, 0) is 32.6 Å². The predicted octanol–water partition coefficient (Wildman–Crippen LogP) is 3.98. The Kier molecular flexibility index (Phi) is 8.85. The van der Waals surface area contributed by atoms with E-state index in [4.69, 9.17) is 46.5 Å². The summed E-state index contributed by atoms with van der Waals surface area (Å²) < 4.78 is 42.2. The summed E-state index contributed by atoms with van der Waals surface area (Å²) in [7, 11) is -3.89. The molecule has 3 rings (SSSR count). The monoisotopic (exact) mass is 510 g/mol. The molecule has 3 unspecified atom stereocenters. The van der Waals surface area contributed by atoms with Crippen LogP contribution in [0.1, 0.15) is 39.8 Å². The highest BCUT2D eigenvalue weighted by Crippen LogP contribution is 2.54. The molecule has 1 aliphatic heterocycles. The van der Waals surface area contributed by atoms with Gasteiger partial charge >= 0.3 is 13.6 Å². The Morgan fingerprint density at radius 2 is 1.94 bits per heavy atom. The third kappa shape index (κ3) is 5.59. The van der Waals surface area contributed by atoms with Gasteiger partial charge in [0.1, 0.15) is 11.7 Å². The van der Waals surface area contributed by atoms with Gasteiger partial charge in [0.05, 0.1) is 38.9 Å². The Morgan fingerprint density at radius 1 is 1.22 bits per heavy atom. The lowest BCUT2D eigenvalue weighted by Gasteiger charge is -2.25. The van der Waals surface area contributed by atoms with Crippen LogP contribution in [0, 0.1) is 0 Å². The molecule has 0 saturated carbocycles. The summed E-state index contributed by atoms with van der Waals surface area (Å²) in [4.78, 5) is 24.7. The van der Waals surface area contributed by atoms with E-state index in [-0.39, 0.29) is 43.0 Å². The van der Waals surface area contributed by atoms with Crippen molar-refractivity contribution in [2.75, 3.05) is 26.4 Å². The number of carbonyl (C=O) groups is 1. The fraction of sp³-hybridized carbons (Fsp3) is 0.667. The van der Waals surface area contributed by atoms with E-state index in [1.807, 2.05) is 0 Å². The van der Waals surface area contributed by atoms with Crippen LogP contribution in [0.15, 0.2) is 6.33 Å². The minimum atomic E-state index is -3.89. The van der Waals surface area contributed by atoms with E-state index in [2.05, 4.69) is 15.0 Å². The topological polar surface area (TPSA) is 124 Å². The lowest BCUT2D eigenvalue weighted by molar-refractivity contribution is -0.154. The number of imidazole rings is 1. The van der Waals surface area contributed by atoms with Gasteiger partial charge < -0.3 is 23.3 Å². The first-order valence-electron chi connectivity index (χ1n) is 10.2. The van der Waals surface area contributed by atoms with Gasteiger partial charge in [0.2, 0.25) is 5.28 Å². The maximum absolute atomic E-state index is 13.1. The summed E-state index contributed by atoms with van der Waals surface area (Å²) in [5, 5.41) is 0.151. The minimum absolute atomic E-state index is 0.00186. The van der Waals surface area contributed by atoms with Crippen LogP contribution >= 0.6 is 30.8 Å². The van der Waals surface area contributed by atoms with Gasteiger partial charge in [-0.1, -0.05) is 11.6 Å². The molecular formula is C18H25Cl2N4O7P. The molecule has 11 nitrogen and oxygen atoms in total. The number of nitrogens with zero attached hydrogens (tertiary/aromatic N) is 4. The summed E-state index contributed by atoms with van der Waals surface area (Å²) in [5.41, 5.74) is 0.860. The van der Waals surface area contributed by atoms with Crippen LogP contribution < -0.4 is 0 Å². The van der Waals surface area contributed by atoms with Crippen LogP contribution in [-0.4, -0.2) is 63.9 Å². The molecular weight excluding hydrogens is 486 g/mol. The Morgan fingerprint density at radius 3 is 2.59 bits per heavy atom.